The van der Waals surface area contributed by atoms with E-state index in [4.69, 9.17) is 0 Å². The van der Waals surface area contributed by atoms with E-state index in [1.54, 1.807) is 18.3 Å². The molecular weight excluding hydrogens is 310 g/mol. The first-order valence-corrected chi connectivity index (χ1v) is 8.12. The summed E-state index contributed by atoms with van der Waals surface area (Å²) < 4.78 is 0. The van der Waals surface area contributed by atoms with E-state index in [1.807, 2.05) is 43.3 Å². The number of benzene rings is 2. The SMILES string of the molecule is Cc1ncccc1C(=O)Nc1ccc(-c2cc3ccccc3[nH]2)cc1. The highest BCUT2D eigenvalue weighted by molar-refractivity contribution is 6.05. The van der Waals surface area contributed by atoms with Crippen molar-refractivity contribution in [1.29, 1.82) is 0 Å². The van der Waals surface area contributed by atoms with Gasteiger partial charge in [-0.25, -0.2) is 0 Å². The number of para-hydroxylation sites is 1. The van der Waals surface area contributed by atoms with Crippen LogP contribution >= 0.6 is 0 Å². The molecule has 0 fully saturated rings. The quantitative estimate of drug-likeness (QED) is 0.568. The molecule has 0 radical (unpaired) electrons. The molecule has 0 aliphatic heterocycles. The third-order valence-corrected chi connectivity index (χ3v) is 4.24. The Balaban J connectivity index is 1.56. The number of aromatic amines is 1. The van der Waals surface area contributed by atoms with Gasteiger partial charge in [0.25, 0.3) is 5.91 Å². The van der Waals surface area contributed by atoms with Crippen LogP contribution in [0.3, 0.4) is 0 Å². The van der Waals surface area contributed by atoms with Gasteiger partial charge in [-0.15, -0.1) is 0 Å². The summed E-state index contributed by atoms with van der Waals surface area (Å²) >= 11 is 0. The van der Waals surface area contributed by atoms with E-state index in [0.717, 1.165) is 28.2 Å². The molecular formula is C21H17N3O. The highest BCUT2D eigenvalue weighted by Crippen LogP contribution is 2.25. The van der Waals surface area contributed by atoms with E-state index in [2.05, 4.69) is 33.5 Å². The van der Waals surface area contributed by atoms with Gasteiger partial charge >= 0.3 is 0 Å². The summed E-state index contributed by atoms with van der Waals surface area (Å²) in [6, 6.07) is 21.7. The fourth-order valence-corrected chi connectivity index (χ4v) is 2.88. The maximum atomic E-state index is 12.3. The van der Waals surface area contributed by atoms with Crippen molar-refractivity contribution in [2.24, 2.45) is 0 Å². The Labute approximate surface area is 145 Å². The van der Waals surface area contributed by atoms with Crippen LogP contribution in [0.2, 0.25) is 0 Å². The fourth-order valence-electron chi connectivity index (χ4n) is 2.88. The summed E-state index contributed by atoms with van der Waals surface area (Å²) in [6.07, 6.45) is 1.68. The zero-order valence-corrected chi connectivity index (χ0v) is 13.8. The highest BCUT2D eigenvalue weighted by Gasteiger charge is 2.10. The topological polar surface area (TPSA) is 57.8 Å². The third kappa shape index (κ3) is 3.02. The minimum absolute atomic E-state index is 0.149. The predicted molar refractivity (Wildman–Crippen MR) is 101 cm³/mol. The van der Waals surface area contributed by atoms with Crippen molar-refractivity contribution in [3.8, 4) is 11.3 Å². The molecule has 2 aromatic carbocycles. The Bertz CT molecular complexity index is 1020. The lowest BCUT2D eigenvalue weighted by Crippen LogP contribution is -2.13. The van der Waals surface area contributed by atoms with Crippen LogP contribution in [0.25, 0.3) is 22.2 Å². The monoisotopic (exact) mass is 327 g/mol. The Hall–Kier alpha value is -3.40. The van der Waals surface area contributed by atoms with Crippen LogP contribution < -0.4 is 5.32 Å². The lowest BCUT2D eigenvalue weighted by molar-refractivity contribution is 0.102. The van der Waals surface area contributed by atoms with Crippen LogP contribution in [-0.2, 0) is 0 Å². The van der Waals surface area contributed by atoms with E-state index in [1.165, 1.54) is 5.39 Å². The maximum absolute atomic E-state index is 12.3. The van der Waals surface area contributed by atoms with Gasteiger partial charge in [0.15, 0.2) is 0 Å². The van der Waals surface area contributed by atoms with Gasteiger partial charge in [-0.1, -0.05) is 30.3 Å². The summed E-state index contributed by atoms with van der Waals surface area (Å²) in [5.41, 5.74) is 5.31. The van der Waals surface area contributed by atoms with Gasteiger partial charge in [0, 0.05) is 34.2 Å². The minimum atomic E-state index is -0.149. The molecule has 1 amide bonds. The number of fused-ring (bicyclic) bond motifs is 1. The first kappa shape index (κ1) is 15.1. The second-order valence-corrected chi connectivity index (χ2v) is 5.94. The van der Waals surface area contributed by atoms with Crippen LogP contribution in [0.1, 0.15) is 16.1 Å². The van der Waals surface area contributed by atoms with Crippen molar-refractivity contribution in [3.63, 3.8) is 0 Å². The van der Waals surface area contributed by atoms with Crippen LogP contribution in [0, 0.1) is 6.92 Å². The molecule has 4 heteroatoms. The van der Waals surface area contributed by atoms with Crippen LogP contribution in [0.4, 0.5) is 5.69 Å². The summed E-state index contributed by atoms with van der Waals surface area (Å²) in [5.74, 6) is -0.149. The zero-order chi connectivity index (χ0) is 17.2. The van der Waals surface area contributed by atoms with Gasteiger partial charge in [0.1, 0.15) is 0 Å². The largest absolute Gasteiger partial charge is 0.355 e. The second-order valence-electron chi connectivity index (χ2n) is 5.94. The van der Waals surface area contributed by atoms with Crippen LogP contribution in [0.15, 0.2) is 72.9 Å². The van der Waals surface area contributed by atoms with E-state index in [0.29, 0.717) is 5.56 Å². The molecule has 0 aliphatic rings. The van der Waals surface area contributed by atoms with E-state index >= 15 is 0 Å². The molecule has 0 saturated carbocycles. The number of pyridine rings is 1. The normalized spacial score (nSPS) is 10.8. The number of nitrogens with zero attached hydrogens (tertiary/aromatic N) is 1. The molecule has 0 spiro atoms. The summed E-state index contributed by atoms with van der Waals surface area (Å²) in [6.45, 7) is 1.83. The predicted octanol–water partition coefficient (Wildman–Crippen LogP) is 4.79. The molecule has 0 saturated heterocycles. The Morgan fingerprint density at radius 2 is 1.80 bits per heavy atom. The number of carbonyl (C=O) groups is 1. The van der Waals surface area contributed by atoms with Crippen molar-refractivity contribution in [3.05, 3.63) is 84.2 Å². The van der Waals surface area contributed by atoms with Crippen molar-refractivity contribution in [2.45, 2.75) is 6.92 Å². The number of aromatic nitrogens is 2. The molecule has 0 atom stereocenters. The average Bonchev–Trinajstić information content (AvgIpc) is 3.07. The minimum Gasteiger partial charge on any atom is -0.355 e. The maximum Gasteiger partial charge on any atom is 0.257 e. The summed E-state index contributed by atoms with van der Waals surface area (Å²) in [5, 5.41) is 4.10. The van der Waals surface area contributed by atoms with Crippen molar-refractivity contribution < 1.29 is 4.79 Å². The molecule has 122 valence electrons. The van der Waals surface area contributed by atoms with Gasteiger partial charge in [0.05, 0.1) is 5.56 Å². The first-order chi connectivity index (χ1) is 12.2. The molecule has 4 nitrogen and oxygen atoms in total. The number of aryl methyl sites for hydroxylation is 1. The van der Waals surface area contributed by atoms with Gasteiger partial charge < -0.3 is 10.3 Å². The molecule has 2 heterocycles. The third-order valence-electron chi connectivity index (χ3n) is 4.24. The van der Waals surface area contributed by atoms with E-state index < -0.39 is 0 Å². The van der Waals surface area contributed by atoms with Gasteiger partial charge in [-0.05, 0) is 48.9 Å². The average molecular weight is 327 g/mol. The zero-order valence-electron chi connectivity index (χ0n) is 13.8. The molecule has 2 N–H and O–H groups in total. The van der Waals surface area contributed by atoms with Gasteiger partial charge in [0.2, 0.25) is 0 Å². The van der Waals surface area contributed by atoms with Crippen LogP contribution in [0.5, 0.6) is 0 Å². The Morgan fingerprint density at radius 3 is 2.56 bits per heavy atom. The van der Waals surface area contributed by atoms with Gasteiger partial charge in [-0.2, -0.15) is 0 Å². The Kier molecular flexibility index (Phi) is 3.78. The van der Waals surface area contributed by atoms with E-state index in [-0.39, 0.29) is 5.91 Å². The number of nitrogens with one attached hydrogen (secondary N) is 2. The number of anilines is 1. The van der Waals surface area contributed by atoms with Gasteiger partial charge in [-0.3, -0.25) is 9.78 Å². The number of amides is 1. The molecule has 0 unspecified atom stereocenters. The lowest BCUT2D eigenvalue weighted by atomic mass is 10.1. The first-order valence-electron chi connectivity index (χ1n) is 8.12. The summed E-state index contributed by atoms with van der Waals surface area (Å²) in [7, 11) is 0. The highest BCUT2D eigenvalue weighted by atomic mass is 16.1. The number of rotatable bonds is 3. The van der Waals surface area contributed by atoms with Crippen molar-refractivity contribution in [2.75, 3.05) is 5.32 Å². The van der Waals surface area contributed by atoms with Crippen molar-refractivity contribution in [1.82, 2.24) is 9.97 Å². The summed E-state index contributed by atoms with van der Waals surface area (Å²) in [4.78, 5) is 19.9. The number of hydrogen-bond acceptors (Lipinski definition) is 2. The fraction of sp³-hybridized carbons (Fsp3) is 0.0476. The number of H-pyrrole nitrogens is 1. The number of hydrogen-bond donors (Lipinski definition) is 2. The van der Waals surface area contributed by atoms with E-state index in [9.17, 15) is 4.79 Å². The second kappa shape index (κ2) is 6.24. The Morgan fingerprint density at radius 1 is 1.00 bits per heavy atom. The van der Waals surface area contributed by atoms with Crippen LogP contribution in [-0.4, -0.2) is 15.9 Å². The number of carbonyl (C=O) groups excluding carboxylic acids is 1. The smallest absolute Gasteiger partial charge is 0.257 e. The molecule has 4 rings (SSSR count). The molecule has 25 heavy (non-hydrogen) atoms. The standard InChI is InChI=1S/C21H17N3O/c1-14-18(6-4-12-22-14)21(25)23-17-10-8-15(9-11-17)20-13-16-5-2-3-7-19(16)24-20/h2-13,24H,1H3,(H,23,25). The molecule has 0 aliphatic carbocycles. The molecule has 2 aromatic heterocycles. The molecule has 0 bridgehead atoms. The molecule has 4 aromatic rings. The van der Waals surface area contributed by atoms with Crippen molar-refractivity contribution >= 4 is 22.5 Å². The lowest BCUT2D eigenvalue weighted by Gasteiger charge is -2.07.